The number of nitrogens with one attached hydrogen (secondary N) is 1. The lowest BCUT2D eigenvalue weighted by molar-refractivity contribution is 0.0773. The molecule has 2 rings (SSSR count). The number of nitrogens with zero attached hydrogens (tertiary/aromatic N) is 1. The minimum absolute atomic E-state index is 0.112. The number of sulfonamides is 1. The third-order valence-electron chi connectivity index (χ3n) is 3.54. The van der Waals surface area contributed by atoms with Gasteiger partial charge in [-0.2, -0.15) is 0 Å². The lowest BCUT2D eigenvalue weighted by Crippen LogP contribution is -2.30. The van der Waals surface area contributed by atoms with Gasteiger partial charge in [0, 0.05) is 24.3 Å². The lowest BCUT2D eigenvalue weighted by Gasteiger charge is -2.18. The Balaban J connectivity index is 2.18. The molecule has 0 aliphatic carbocycles. The number of hydrogen-bond donors (Lipinski definition) is 1. The minimum atomic E-state index is -3.88. The van der Waals surface area contributed by atoms with E-state index >= 15 is 0 Å². The van der Waals surface area contributed by atoms with Crippen LogP contribution in [0.3, 0.4) is 0 Å². The number of hydrogen-bond acceptors (Lipinski definition) is 3. The summed E-state index contributed by atoms with van der Waals surface area (Å²) in [6, 6.07) is 10.9. The monoisotopic (exact) mass is 350 g/mol. The second-order valence-electron chi connectivity index (χ2n) is 5.12. The fraction of sp³-hybridized carbons (Fsp3) is 0.235. The van der Waals surface area contributed by atoms with Crippen molar-refractivity contribution in [2.75, 3.05) is 17.8 Å². The average molecular weight is 350 g/mol. The van der Waals surface area contributed by atoms with Gasteiger partial charge in [-0.25, -0.2) is 12.8 Å². The Labute approximate surface area is 141 Å². The number of carbonyl (C=O) groups excluding carboxylic acids is 1. The van der Waals surface area contributed by atoms with E-state index in [4.69, 9.17) is 0 Å². The van der Waals surface area contributed by atoms with Crippen LogP contribution in [0.1, 0.15) is 24.2 Å². The molecule has 1 amide bonds. The Kier molecular flexibility index (Phi) is 5.56. The van der Waals surface area contributed by atoms with Crippen LogP contribution in [0.25, 0.3) is 0 Å². The van der Waals surface area contributed by atoms with Crippen molar-refractivity contribution in [1.82, 2.24) is 4.90 Å². The molecule has 0 fully saturated rings. The first-order chi connectivity index (χ1) is 11.4. The number of amides is 1. The molecule has 2 aromatic rings. The van der Waals surface area contributed by atoms with Crippen LogP contribution in [0.4, 0.5) is 10.1 Å². The van der Waals surface area contributed by atoms with E-state index in [0.717, 1.165) is 6.07 Å². The van der Waals surface area contributed by atoms with Crippen molar-refractivity contribution in [3.8, 4) is 0 Å². The van der Waals surface area contributed by atoms with E-state index in [1.165, 1.54) is 30.3 Å². The average Bonchev–Trinajstić information content (AvgIpc) is 2.56. The first-order valence-electron chi connectivity index (χ1n) is 7.55. The summed E-state index contributed by atoms with van der Waals surface area (Å²) in [5.74, 6) is -0.738. The largest absolute Gasteiger partial charge is 0.339 e. The zero-order valence-electron chi connectivity index (χ0n) is 13.5. The Morgan fingerprint density at radius 1 is 1.08 bits per heavy atom. The molecule has 128 valence electrons. The predicted molar refractivity (Wildman–Crippen MR) is 90.9 cm³/mol. The molecule has 5 nitrogen and oxygen atoms in total. The highest BCUT2D eigenvalue weighted by molar-refractivity contribution is 7.92. The maximum atomic E-state index is 13.2. The van der Waals surface area contributed by atoms with Gasteiger partial charge in [-0.3, -0.25) is 9.52 Å². The molecule has 2 aromatic carbocycles. The van der Waals surface area contributed by atoms with Gasteiger partial charge in [0.1, 0.15) is 5.82 Å². The second kappa shape index (κ2) is 7.44. The molecular weight excluding hydrogens is 331 g/mol. The van der Waals surface area contributed by atoms with Crippen LogP contribution in [0, 0.1) is 5.82 Å². The van der Waals surface area contributed by atoms with Crippen LogP contribution in [0.2, 0.25) is 0 Å². The van der Waals surface area contributed by atoms with Crippen LogP contribution >= 0.6 is 0 Å². The van der Waals surface area contributed by atoms with Gasteiger partial charge >= 0.3 is 0 Å². The summed E-state index contributed by atoms with van der Waals surface area (Å²) in [4.78, 5) is 13.7. The third kappa shape index (κ3) is 4.11. The van der Waals surface area contributed by atoms with E-state index in [0.29, 0.717) is 24.3 Å². The Hall–Kier alpha value is -2.41. The van der Waals surface area contributed by atoms with Crippen molar-refractivity contribution in [1.29, 1.82) is 0 Å². The summed E-state index contributed by atoms with van der Waals surface area (Å²) in [5.41, 5.74) is 0.780. The zero-order chi connectivity index (χ0) is 17.7. The van der Waals surface area contributed by atoms with Gasteiger partial charge in [-0.1, -0.05) is 6.07 Å². The highest BCUT2D eigenvalue weighted by atomic mass is 32.2. The maximum Gasteiger partial charge on any atom is 0.261 e. The van der Waals surface area contributed by atoms with Crippen LogP contribution in [-0.4, -0.2) is 32.3 Å². The molecule has 0 saturated heterocycles. The quantitative estimate of drug-likeness (QED) is 0.870. The molecule has 0 saturated carbocycles. The van der Waals surface area contributed by atoms with Crippen molar-refractivity contribution in [2.24, 2.45) is 0 Å². The van der Waals surface area contributed by atoms with Crippen LogP contribution < -0.4 is 4.72 Å². The fourth-order valence-electron chi connectivity index (χ4n) is 2.22. The Bertz CT molecular complexity index is 816. The van der Waals surface area contributed by atoms with Gasteiger partial charge in [-0.15, -0.1) is 0 Å². The van der Waals surface area contributed by atoms with Crippen molar-refractivity contribution < 1.29 is 17.6 Å². The molecule has 0 atom stereocenters. The van der Waals surface area contributed by atoms with Crippen LogP contribution in [0.5, 0.6) is 0 Å². The van der Waals surface area contributed by atoms with E-state index in [-0.39, 0.29) is 10.8 Å². The van der Waals surface area contributed by atoms with Crippen molar-refractivity contribution in [3.63, 3.8) is 0 Å². The summed E-state index contributed by atoms with van der Waals surface area (Å²) in [5, 5.41) is 0. The van der Waals surface area contributed by atoms with Gasteiger partial charge in [0.05, 0.1) is 4.90 Å². The number of carbonyl (C=O) groups is 1. The van der Waals surface area contributed by atoms with E-state index in [2.05, 4.69) is 4.72 Å². The molecule has 7 heteroatoms. The minimum Gasteiger partial charge on any atom is -0.339 e. The molecule has 0 aliphatic heterocycles. The van der Waals surface area contributed by atoms with Gasteiger partial charge < -0.3 is 4.90 Å². The summed E-state index contributed by atoms with van der Waals surface area (Å²) >= 11 is 0. The molecule has 0 aliphatic rings. The Morgan fingerprint density at radius 3 is 2.25 bits per heavy atom. The van der Waals surface area contributed by atoms with Gasteiger partial charge in [0.15, 0.2) is 0 Å². The van der Waals surface area contributed by atoms with Crippen molar-refractivity contribution in [3.05, 3.63) is 59.9 Å². The zero-order valence-corrected chi connectivity index (χ0v) is 14.3. The van der Waals surface area contributed by atoms with Crippen molar-refractivity contribution in [2.45, 2.75) is 18.7 Å². The molecule has 24 heavy (non-hydrogen) atoms. The fourth-order valence-corrected chi connectivity index (χ4v) is 3.31. The van der Waals surface area contributed by atoms with Crippen LogP contribution in [-0.2, 0) is 10.0 Å². The summed E-state index contributed by atoms with van der Waals surface area (Å²) in [6.45, 7) is 4.98. The van der Waals surface area contributed by atoms with Crippen LogP contribution in [0.15, 0.2) is 53.4 Å². The van der Waals surface area contributed by atoms with Gasteiger partial charge in [0.2, 0.25) is 0 Å². The first kappa shape index (κ1) is 17.9. The standard InChI is InChI=1S/C17H19FN2O3S/c1-3-20(4-2)17(21)13-8-10-15(11-9-13)19-24(22,23)16-7-5-6-14(18)12-16/h5-12,19H,3-4H2,1-2H3. The predicted octanol–water partition coefficient (Wildman–Crippen LogP) is 3.11. The highest BCUT2D eigenvalue weighted by Gasteiger charge is 2.16. The summed E-state index contributed by atoms with van der Waals surface area (Å²) in [7, 11) is -3.88. The molecule has 0 aromatic heterocycles. The van der Waals surface area contributed by atoms with E-state index in [9.17, 15) is 17.6 Å². The topological polar surface area (TPSA) is 66.5 Å². The number of rotatable bonds is 6. The maximum absolute atomic E-state index is 13.2. The molecule has 0 radical (unpaired) electrons. The molecular formula is C17H19FN2O3S. The van der Waals surface area contributed by atoms with Gasteiger partial charge in [-0.05, 0) is 56.3 Å². The smallest absolute Gasteiger partial charge is 0.261 e. The first-order valence-corrected chi connectivity index (χ1v) is 9.03. The molecule has 0 bridgehead atoms. The van der Waals surface area contributed by atoms with E-state index < -0.39 is 15.8 Å². The van der Waals surface area contributed by atoms with E-state index in [1.807, 2.05) is 13.8 Å². The normalized spacial score (nSPS) is 11.1. The highest BCUT2D eigenvalue weighted by Crippen LogP contribution is 2.18. The number of halogens is 1. The van der Waals surface area contributed by atoms with E-state index in [1.54, 1.807) is 17.0 Å². The molecule has 0 unspecified atom stereocenters. The Morgan fingerprint density at radius 2 is 1.71 bits per heavy atom. The molecule has 0 heterocycles. The third-order valence-corrected chi connectivity index (χ3v) is 4.92. The van der Waals surface area contributed by atoms with Gasteiger partial charge in [0.25, 0.3) is 15.9 Å². The number of benzene rings is 2. The summed E-state index contributed by atoms with van der Waals surface area (Å²) < 4.78 is 40.0. The SMILES string of the molecule is CCN(CC)C(=O)c1ccc(NS(=O)(=O)c2cccc(F)c2)cc1. The summed E-state index contributed by atoms with van der Waals surface area (Å²) in [6.07, 6.45) is 0. The second-order valence-corrected chi connectivity index (χ2v) is 6.80. The van der Waals surface area contributed by atoms with Crippen molar-refractivity contribution >= 4 is 21.6 Å². The molecule has 0 spiro atoms. The lowest BCUT2D eigenvalue weighted by atomic mass is 10.2. The molecule has 1 N–H and O–H groups in total. The number of anilines is 1.